The number of rotatable bonds is 6. The molecule has 0 unspecified atom stereocenters. The summed E-state index contributed by atoms with van der Waals surface area (Å²) >= 11 is 0. The molecule has 2 aliphatic heterocycles. The zero-order valence-electron chi connectivity index (χ0n) is 21.0. The van der Waals surface area contributed by atoms with Gasteiger partial charge in [0.2, 0.25) is 5.91 Å². The lowest BCUT2D eigenvalue weighted by Gasteiger charge is -2.33. The number of methoxy groups -OCH3 is 2. The van der Waals surface area contributed by atoms with Gasteiger partial charge in [0.05, 0.1) is 36.9 Å². The second-order valence-electron chi connectivity index (χ2n) is 9.65. The molecule has 3 aliphatic rings. The molecule has 1 saturated carbocycles. The Balaban J connectivity index is 1.27. The third-order valence-corrected chi connectivity index (χ3v) is 7.30. The second kappa shape index (κ2) is 9.11. The van der Waals surface area contributed by atoms with E-state index in [1.54, 1.807) is 37.4 Å². The van der Waals surface area contributed by atoms with Gasteiger partial charge in [0.15, 0.2) is 11.5 Å². The van der Waals surface area contributed by atoms with E-state index in [1.807, 2.05) is 6.07 Å². The molecule has 1 N–H and O–H groups in total. The summed E-state index contributed by atoms with van der Waals surface area (Å²) in [6.45, 7) is 0. The summed E-state index contributed by atoms with van der Waals surface area (Å²) in [6, 6.07) is 12.7. The van der Waals surface area contributed by atoms with Crippen molar-refractivity contribution < 1.29 is 42.1 Å². The number of amides is 1. The lowest BCUT2D eigenvalue weighted by Crippen LogP contribution is -2.39. The number of halogens is 2. The highest BCUT2D eigenvalue weighted by atomic mass is 19.3. The van der Waals surface area contributed by atoms with Crippen molar-refractivity contribution in [1.29, 1.82) is 0 Å². The number of hydrogen-bond acceptors (Lipinski definition) is 8. The van der Waals surface area contributed by atoms with Crippen LogP contribution in [-0.2, 0) is 14.9 Å². The Bertz CT molecular complexity index is 1460. The summed E-state index contributed by atoms with van der Waals surface area (Å²) in [5.41, 5.74) is 1.37. The summed E-state index contributed by atoms with van der Waals surface area (Å²) in [5, 5.41) is 3.15. The van der Waals surface area contributed by atoms with Gasteiger partial charge in [-0.1, -0.05) is 6.07 Å². The Morgan fingerprint density at radius 3 is 2.49 bits per heavy atom. The first-order valence-corrected chi connectivity index (χ1v) is 12.3. The number of alkyl halides is 2. The van der Waals surface area contributed by atoms with Crippen molar-refractivity contribution in [1.82, 2.24) is 10.3 Å². The Labute approximate surface area is 222 Å². The van der Waals surface area contributed by atoms with E-state index in [9.17, 15) is 18.4 Å². The molecule has 0 radical (unpaired) electrons. The molecule has 1 aliphatic carbocycles. The molecule has 0 bridgehead atoms. The van der Waals surface area contributed by atoms with E-state index in [2.05, 4.69) is 19.8 Å². The number of carbonyl (C=O) groups excluding carboxylic acids is 2. The highest BCUT2D eigenvalue weighted by molar-refractivity contribution is 5.92. The van der Waals surface area contributed by atoms with Gasteiger partial charge in [-0.25, -0.2) is 4.79 Å². The highest BCUT2D eigenvalue weighted by Crippen LogP contribution is 2.52. The molecule has 2 atom stereocenters. The summed E-state index contributed by atoms with van der Waals surface area (Å²) < 4.78 is 52.5. The monoisotopic (exact) mass is 538 g/mol. The summed E-state index contributed by atoms with van der Waals surface area (Å²) in [4.78, 5) is 29.9. The average Bonchev–Trinajstić information content (AvgIpc) is 3.69. The van der Waals surface area contributed by atoms with Crippen molar-refractivity contribution in [2.24, 2.45) is 0 Å². The van der Waals surface area contributed by atoms with Crippen molar-refractivity contribution in [3.63, 3.8) is 0 Å². The molecule has 0 saturated heterocycles. The third kappa shape index (κ3) is 4.47. The molecule has 202 valence electrons. The van der Waals surface area contributed by atoms with Crippen LogP contribution in [0.2, 0.25) is 0 Å². The topological polar surface area (TPSA) is 105 Å². The van der Waals surface area contributed by atoms with Crippen LogP contribution in [0.25, 0.3) is 0 Å². The van der Waals surface area contributed by atoms with Crippen LogP contribution in [0, 0.1) is 0 Å². The molecular weight excluding hydrogens is 514 g/mol. The molecule has 3 heterocycles. The first-order chi connectivity index (χ1) is 18.7. The lowest BCUT2D eigenvalue weighted by atomic mass is 9.91. The van der Waals surface area contributed by atoms with E-state index in [1.165, 1.54) is 25.4 Å². The minimum Gasteiger partial charge on any atom is -0.497 e. The van der Waals surface area contributed by atoms with Crippen molar-refractivity contribution in [2.45, 2.75) is 43.1 Å². The largest absolute Gasteiger partial charge is 0.586 e. The number of fused-ring (bicyclic) bond motifs is 2. The van der Waals surface area contributed by atoms with E-state index in [-0.39, 0.29) is 17.4 Å². The zero-order chi connectivity index (χ0) is 27.4. The maximum atomic E-state index is 13.7. The number of nitrogens with zero attached hydrogens (tertiary/aromatic N) is 1. The SMILES string of the molecule is COC(=O)c1ccc([C@H]2C[C@@H](NC(=O)C3(c4ccc5c(c4)OC(F)(F)O5)CC3)c3ccc(OC)cc3O2)nc1. The van der Waals surface area contributed by atoms with Gasteiger partial charge in [0, 0.05) is 24.2 Å². The van der Waals surface area contributed by atoms with E-state index in [0.29, 0.717) is 47.6 Å². The minimum absolute atomic E-state index is 0.0687. The van der Waals surface area contributed by atoms with Gasteiger partial charge >= 0.3 is 12.3 Å². The number of hydrogen-bond donors (Lipinski definition) is 1. The molecule has 1 fully saturated rings. The predicted octanol–water partition coefficient (Wildman–Crippen LogP) is 4.61. The smallest absolute Gasteiger partial charge is 0.497 e. The van der Waals surface area contributed by atoms with Gasteiger partial charge in [0.1, 0.15) is 17.6 Å². The van der Waals surface area contributed by atoms with Crippen molar-refractivity contribution >= 4 is 11.9 Å². The number of ether oxygens (including phenoxy) is 5. The fourth-order valence-corrected chi connectivity index (χ4v) is 5.04. The zero-order valence-corrected chi connectivity index (χ0v) is 21.0. The molecule has 11 heteroatoms. The van der Waals surface area contributed by atoms with Gasteiger partial charge in [0.25, 0.3) is 0 Å². The standard InChI is InChI=1S/C28H24F2N2O7/c1-35-17-5-6-18-20(13-23(37-22(18)12-17)19-7-3-15(14-31-19)25(33)36-2)32-26(34)27(9-10-27)16-4-8-21-24(11-16)39-28(29,30)38-21/h3-8,11-12,14,20,23H,9-10,13H2,1-2H3,(H,32,34)/t20-,23-/m1/s1. The number of aromatic nitrogens is 1. The molecule has 3 aromatic rings. The number of nitrogens with one attached hydrogen (secondary N) is 1. The first-order valence-electron chi connectivity index (χ1n) is 12.3. The van der Waals surface area contributed by atoms with Crippen LogP contribution >= 0.6 is 0 Å². The minimum atomic E-state index is -3.73. The van der Waals surface area contributed by atoms with E-state index < -0.39 is 29.8 Å². The highest BCUT2D eigenvalue weighted by Gasteiger charge is 2.53. The van der Waals surface area contributed by atoms with Crippen LogP contribution in [0.1, 0.15) is 58.6 Å². The van der Waals surface area contributed by atoms with Gasteiger partial charge in [-0.05, 0) is 54.8 Å². The van der Waals surface area contributed by atoms with Crippen LogP contribution < -0.4 is 24.3 Å². The van der Waals surface area contributed by atoms with Gasteiger partial charge in [-0.2, -0.15) is 0 Å². The van der Waals surface area contributed by atoms with Gasteiger partial charge in [-0.15, -0.1) is 8.78 Å². The first kappa shape index (κ1) is 24.9. The summed E-state index contributed by atoms with van der Waals surface area (Å²) in [5.74, 6) is 0.229. The number of pyridine rings is 1. The molecule has 39 heavy (non-hydrogen) atoms. The van der Waals surface area contributed by atoms with Crippen LogP contribution in [0.15, 0.2) is 54.7 Å². The third-order valence-electron chi connectivity index (χ3n) is 7.30. The second-order valence-corrected chi connectivity index (χ2v) is 9.65. The number of carbonyl (C=O) groups is 2. The Morgan fingerprint density at radius 2 is 1.79 bits per heavy atom. The summed E-state index contributed by atoms with van der Waals surface area (Å²) in [6.07, 6.45) is -1.34. The van der Waals surface area contributed by atoms with Crippen molar-refractivity contribution in [3.8, 4) is 23.0 Å². The molecule has 1 amide bonds. The van der Waals surface area contributed by atoms with Crippen LogP contribution in [0.3, 0.4) is 0 Å². The summed E-state index contributed by atoms with van der Waals surface area (Å²) in [7, 11) is 2.84. The lowest BCUT2D eigenvalue weighted by molar-refractivity contribution is -0.286. The van der Waals surface area contributed by atoms with E-state index in [0.717, 1.165) is 5.56 Å². The van der Waals surface area contributed by atoms with Crippen LogP contribution in [0.5, 0.6) is 23.0 Å². The Kier molecular flexibility index (Phi) is 5.81. The number of esters is 1. The molecule has 2 aromatic carbocycles. The van der Waals surface area contributed by atoms with Crippen molar-refractivity contribution in [2.75, 3.05) is 14.2 Å². The predicted molar refractivity (Wildman–Crippen MR) is 131 cm³/mol. The Hall–Kier alpha value is -4.41. The maximum Gasteiger partial charge on any atom is 0.586 e. The molecule has 6 rings (SSSR count). The van der Waals surface area contributed by atoms with Crippen LogP contribution in [-0.4, -0.2) is 37.4 Å². The Morgan fingerprint density at radius 1 is 1.00 bits per heavy atom. The molecule has 0 spiro atoms. The van der Waals surface area contributed by atoms with Crippen LogP contribution in [0.4, 0.5) is 8.78 Å². The number of benzene rings is 2. The quantitative estimate of drug-likeness (QED) is 0.454. The normalized spacial score (nSPS) is 21.2. The molecule has 1 aromatic heterocycles. The van der Waals surface area contributed by atoms with Gasteiger partial charge < -0.3 is 29.0 Å². The fourth-order valence-electron chi connectivity index (χ4n) is 5.04. The average molecular weight is 539 g/mol. The maximum absolute atomic E-state index is 13.7. The van der Waals surface area contributed by atoms with E-state index in [4.69, 9.17) is 14.2 Å². The fraction of sp³-hybridized carbons (Fsp3) is 0.321. The molecular formula is C28H24F2N2O7. The van der Waals surface area contributed by atoms with Gasteiger partial charge in [-0.3, -0.25) is 9.78 Å². The molecule has 9 nitrogen and oxygen atoms in total. The van der Waals surface area contributed by atoms with E-state index >= 15 is 0 Å². The van der Waals surface area contributed by atoms with Crippen molar-refractivity contribution in [3.05, 3.63) is 77.1 Å².